The molecule has 0 aromatic heterocycles. The van der Waals surface area contributed by atoms with Crippen molar-refractivity contribution in [2.45, 2.75) is 24.4 Å². The minimum absolute atomic E-state index is 0.236. The van der Waals surface area contributed by atoms with Gasteiger partial charge in [-0.05, 0) is 24.6 Å². The van der Waals surface area contributed by atoms with Crippen molar-refractivity contribution >= 4 is 16.2 Å². The Labute approximate surface area is 105 Å². The van der Waals surface area contributed by atoms with E-state index < -0.39 is 27.1 Å². The van der Waals surface area contributed by atoms with Gasteiger partial charge >= 0.3 is 16.2 Å². The Balaban J connectivity index is 2.72. The molecule has 1 rings (SSSR count). The molecule has 0 aliphatic heterocycles. The van der Waals surface area contributed by atoms with Gasteiger partial charge in [0.2, 0.25) is 0 Å². The predicted octanol–water partition coefficient (Wildman–Crippen LogP) is 0.996. The molecule has 0 unspecified atom stereocenters. The minimum Gasteiger partial charge on any atom is -0.468 e. The van der Waals surface area contributed by atoms with Crippen molar-refractivity contribution < 1.29 is 21.8 Å². The SMILES string of the molecule is COC(=O)[C@@H](C)NCc1cccc(S(=O)(=O)F)c1. The second kappa shape index (κ2) is 5.92. The monoisotopic (exact) mass is 275 g/mol. The van der Waals surface area contributed by atoms with Crippen LogP contribution in [0, 0.1) is 0 Å². The fraction of sp³-hybridized carbons (Fsp3) is 0.364. The summed E-state index contributed by atoms with van der Waals surface area (Å²) >= 11 is 0. The van der Waals surface area contributed by atoms with Crippen molar-refractivity contribution in [1.82, 2.24) is 5.32 Å². The van der Waals surface area contributed by atoms with E-state index in [9.17, 15) is 17.1 Å². The third kappa shape index (κ3) is 4.08. The molecule has 1 N–H and O–H groups in total. The van der Waals surface area contributed by atoms with Crippen LogP contribution in [-0.2, 0) is 26.3 Å². The first-order valence-corrected chi connectivity index (χ1v) is 6.57. The van der Waals surface area contributed by atoms with E-state index in [0.717, 1.165) is 0 Å². The van der Waals surface area contributed by atoms with Gasteiger partial charge in [0.15, 0.2) is 0 Å². The summed E-state index contributed by atoms with van der Waals surface area (Å²) in [6.45, 7) is 1.85. The summed E-state index contributed by atoms with van der Waals surface area (Å²) in [5.41, 5.74) is 0.560. The molecule has 100 valence electrons. The summed E-state index contributed by atoms with van der Waals surface area (Å²) in [6, 6.07) is 4.92. The van der Waals surface area contributed by atoms with Gasteiger partial charge in [-0.2, -0.15) is 8.42 Å². The number of ether oxygens (including phenoxy) is 1. The quantitative estimate of drug-likeness (QED) is 0.641. The van der Waals surface area contributed by atoms with Crippen LogP contribution >= 0.6 is 0 Å². The summed E-state index contributed by atoms with van der Waals surface area (Å²) in [4.78, 5) is 10.7. The van der Waals surface area contributed by atoms with Gasteiger partial charge in [0.25, 0.3) is 0 Å². The summed E-state index contributed by atoms with van der Waals surface area (Å²) in [6.07, 6.45) is 0. The molecule has 0 radical (unpaired) electrons. The number of rotatable bonds is 5. The molecule has 0 heterocycles. The van der Waals surface area contributed by atoms with Crippen LogP contribution in [0.1, 0.15) is 12.5 Å². The van der Waals surface area contributed by atoms with Crippen LogP contribution in [0.15, 0.2) is 29.2 Å². The lowest BCUT2D eigenvalue weighted by molar-refractivity contribution is -0.142. The van der Waals surface area contributed by atoms with Crippen molar-refractivity contribution in [1.29, 1.82) is 0 Å². The van der Waals surface area contributed by atoms with Crippen LogP contribution in [0.4, 0.5) is 3.89 Å². The molecule has 0 saturated carbocycles. The predicted molar refractivity (Wildman–Crippen MR) is 63.1 cm³/mol. The fourth-order valence-corrected chi connectivity index (χ4v) is 1.87. The third-order valence-corrected chi connectivity index (χ3v) is 3.16. The first kappa shape index (κ1) is 14.6. The van der Waals surface area contributed by atoms with Gasteiger partial charge in [-0.3, -0.25) is 4.79 Å². The Bertz CT molecular complexity index is 530. The maximum atomic E-state index is 12.8. The maximum absolute atomic E-state index is 12.8. The molecule has 1 atom stereocenters. The summed E-state index contributed by atoms with van der Waals surface area (Å²) in [7, 11) is -3.43. The molecule has 7 heteroatoms. The maximum Gasteiger partial charge on any atom is 0.332 e. The Morgan fingerprint density at radius 2 is 2.17 bits per heavy atom. The molecule has 0 saturated heterocycles. The largest absolute Gasteiger partial charge is 0.468 e. The van der Waals surface area contributed by atoms with Gasteiger partial charge in [-0.1, -0.05) is 12.1 Å². The number of hydrogen-bond acceptors (Lipinski definition) is 5. The van der Waals surface area contributed by atoms with Crippen LogP contribution in [0.3, 0.4) is 0 Å². The highest BCUT2D eigenvalue weighted by atomic mass is 32.3. The smallest absolute Gasteiger partial charge is 0.332 e. The van der Waals surface area contributed by atoms with Crippen molar-refractivity contribution in [2.24, 2.45) is 0 Å². The first-order chi connectivity index (χ1) is 8.34. The molecule has 0 amide bonds. The molecular weight excluding hydrogens is 261 g/mol. The van der Waals surface area contributed by atoms with E-state index in [1.54, 1.807) is 13.0 Å². The van der Waals surface area contributed by atoms with Crippen LogP contribution in [0.2, 0.25) is 0 Å². The topological polar surface area (TPSA) is 72.5 Å². The van der Waals surface area contributed by atoms with Gasteiger partial charge in [0.1, 0.15) is 6.04 Å². The molecule has 0 spiro atoms. The molecule has 18 heavy (non-hydrogen) atoms. The van der Waals surface area contributed by atoms with Gasteiger partial charge in [-0.25, -0.2) is 0 Å². The van der Waals surface area contributed by atoms with Crippen LogP contribution in [-0.4, -0.2) is 27.5 Å². The van der Waals surface area contributed by atoms with E-state index in [2.05, 4.69) is 10.1 Å². The number of methoxy groups -OCH3 is 1. The van der Waals surface area contributed by atoms with E-state index in [0.29, 0.717) is 5.56 Å². The third-order valence-electron chi connectivity index (χ3n) is 2.35. The standard InChI is InChI=1S/C11H14FNO4S/c1-8(11(14)17-2)13-7-9-4-3-5-10(6-9)18(12,15)16/h3-6,8,13H,7H2,1-2H3/t8-/m1/s1. The van der Waals surface area contributed by atoms with Crippen molar-refractivity contribution in [3.8, 4) is 0 Å². The Morgan fingerprint density at radius 3 is 2.72 bits per heavy atom. The van der Waals surface area contributed by atoms with Crippen LogP contribution in [0.25, 0.3) is 0 Å². The van der Waals surface area contributed by atoms with E-state index in [1.165, 1.54) is 25.3 Å². The highest BCUT2D eigenvalue weighted by Gasteiger charge is 2.14. The zero-order valence-electron chi connectivity index (χ0n) is 10.0. The highest BCUT2D eigenvalue weighted by Crippen LogP contribution is 2.13. The summed E-state index contributed by atoms with van der Waals surface area (Å²) in [5.74, 6) is -0.427. The average molecular weight is 275 g/mol. The lowest BCUT2D eigenvalue weighted by Crippen LogP contribution is -2.34. The van der Waals surface area contributed by atoms with Crippen molar-refractivity contribution in [3.05, 3.63) is 29.8 Å². The number of esters is 1. The summed E-state index contributed by atoms with van der Waals surface area (Å²) < 4.78 is 38.7. The van der Waals surface area contributed by atoms with Crippen molar-refractivity contribution in [3.63, 3.8) is 0 Å². The van der Waals surface area contributed by atoms with E-state index >= 15 is 0 Å². The molecule has 0 aliphatic carbocycles. The molecule has 1 aromatic rings. The number of carbonyl (C=O) groups is 1. The van der Waals surface area contributed by atoms with Gasteiger partial charge in [0.05, 0.1) is 12.0 Å². The second-order valence-electron chi connectivity index (χ2n) is 3.71. The molecular formula is C11H14FNO4S. The number of benzene rings is 1. The Hall–Kier alpha value is -1.47. The zero-order chi connectivity index (χ0) is 13.8. The van der Waals surface area contributed by atoms with Gasteiger partial charge in [0, 0.05) is 6.54 Å². The molecule has 0 aliphatic rings. The number of carbonyl (C=O) groups excluding carboxylic acids is 1. The van der Waals surface area contributed by atoms with E-state index in [-0.39, 0.29) is 6.54 Å². The van der Waals surface area contributed by atoms with Gasteiger partial charge < -0.3 is 10.1 Å². The second-order valence-corrected chi connectivity index (χ2v) is 5.06. The van der Waals surface area contributed by atoms with Crippen LogP contribution in [0.5, 0.6) is 0 Å². The van der Waals surface area contributed by atoms with Crippen molar-refractivity contribution in [2.75, 3.05) is 7.11 Å². The number of hydrogen-bond donors (Lipinski definition) is 1. The number of halogens is 1. The molecule has 1 aromatic carbocycles. The first-order valence-electron chi connectivity index (χ1n) is 5.19. The minimum atomic E-state index is -4.70. The van der Waals surface area contributed by atoms with Crippen LogP contribution < -0.4 is 5.32 Å². The molecule has 5 nitrogen and oxygen atoms in total. The Morgan fingerprint density at radius 1 is 1.50 bits per heavy atom. The fourth-order valence-electron chi connectivity index (χ4n) is 1.34. The lowest BCUT2D eigenvalue weighted by Gasteiger charge is -2.11. The highest BCUT2D eigenvalue weighted by molar-refractivity contribution is 7.86. The molecule has 0 fully saturated rings. The van der Waals surface area contributed by atoms with Gasteiger partial charge in [-0.15, -0.1) is 3.89 Å². The molecule has 0 bridgehead atoms. The Kier molecular flexibility index (Phi) is 4.80. The van der Waals surface area contributed by atoms with E-state index in [1.807, 2.05) is 0 Å². The average Bonchev–Trinajstić information content (AvgIpc) is 2.34. The number of nitrogens with one attached hydrogen (secondary N) is 1. The lowest BCUT2D eigenvalue weighted by atomic mass is 10.2. The van der Waals surface area contributed by atoms with E-state index in [4.69, 9.17) is 0 Å². The zero-order valence-corrected chi connectivity index (χ0v) is 10.8. The summed E-state index contributed by atoms with van der Waals surface area (Å²) in [5, 5.41) is 2.84. The normalized spacial score (nSPS) is 13.1.